The maximum absolute atomic E-state index is 13.7. The van der Waals surface area contributed by atoms with Crippen molar-refractivity contribution in [2.75, 3.05) is 26.5 Å². The zero-order valence-corrected chi connectivity index (χ0v) is 21.5. The number of fused-ring (bicyclic) bond motifs is 2. The second-order valence-corrected chi connectivity index (χ2v) is 10.4. The highest BCUT2D eigenvalue weighted by Gasteiger charge is 2.34. The molecule has 3 heterocycles. The van der Waals surface area contributed by atoms with E-state index < -0.39 is 0 Å². The largest absolute Gasteiger partial charge is 0.491 e. The number of thiophene rings is 1. The molecule has 0 bridgehead atoms. The average molecular weight is 507 g/mol. The molecule has 1 aromatic heterocycles. The molecule has 2 amide bonds. The van der Waals surface area contributed by atoms with E-state index >= 15 is 0 Å². The van der Waals surface area contributed by atoms with Crippen molar-refractivity contribution in [2.24, 2.45) is 0 Å². The minimum Gasteiger partial charge on any atom is -0.491 e. The fourth-order valence-corrected chi connectivity index (χ4v) is 5.53. The molecule has 1 unspecified atom stereocenters. The lowest BCUT2D eigenvalue weighted by molar-refractivity contribution is -0.136. The van der Waals surface area contributed by atoms with E-state index in [1.165, 1.54) is 4.88 Å². The average Bonchev–Trinajstić information content (AvgIpc) is 3.55. The number of ether oxygens (including phenoxy) is 3. The molecule has 0 saturated heterocycles. The third kappa shape index (κ3) is 4.91. The number of benzene rings is 2. The number of hydrogen-bond donors (Lipinski definition) is 0. The number of rotatable bonds is 7. The summed E-state index contributed by atoms with van der Waals surface area (Å²) in [7, 11) is 0. The Balaban J connectivity index is 1.34. The van der Waals surface area contributed by atoms with Gasteiger partial charge in [-0.05, 0) is 74.5 Å². The Bertz CT molecular complexity index is 1250. The van der Waals surface area contributed by atoms with Crippen molar-refractivity contribution in [3.8, 4) is 17.2 Å². The molecule has 3 aromatic rings. The van der Waals surface area contributed by atoms with Crippen LogP contribution < -0.4 is 14.2 Å². The number of aryl methyl sites for hydroxylation is 1. The molecule has 36 heavy (non-hydrogen) atoms. The predicted molar refractivity (Wildman–Crippen MR) is 138 cm³/mol. The van der Waals surface area contributed by atoms with Gasteiger partial charge in [0.25, 0.3) is 5.91 Å². The summed E-state index contributed by atoms with van der Waals surface area (Å²) in [4.78, 5) is 31.9. The molecule has 0 fully saturated rings. The topological polar surface area (TPSA) is 68.3 Å². The van der Waals surface area contributed by atoms with E-state index in [2.05, 4.69) is 11.4 Å². The van der Waals surface area contributed by atoms with Gasteiger partial charge in [0.05, 0.1) is 6.04 Å². The van der Waals surface area contributed by atoms with Gasteiger partial charge in [0.2, 0.25) is 12.7 Å². The van der Waals surface area contributed by atoms with Gasteiger partial charge in [-0.3, -0.25) is 9.59 Å². The van der Waals surface area contributed by atoms with Crippen LogP contribution in [0.1, 0.15) is 46.3 Å². The van der Waals surface area contributed by atoms with Crippen molar-refractivity contribution >= 4 is 23.2 Å². The zero-order chi connectivity index (χ0) is 25.2. The summed E-state index contributed by atoms with van der Waals surface area (Å²) in [6, 6.07) is 14.8. The highest BCUT2D eigenvalue weighted by atomic mass is 32.1. The van der Waals surface area contributed by atoms with Gasteiger partial charge in [0.15, 0.2) is 11.5 Å². The third-order valence-corrected chi connectivity index (χ3v) is 7.65. The van der Waals surface area contributed by atoms with Crippen molar-refractivity contribution in [3.63, 3.8) is 0 Å². The summed E-state index contributed by atoms with van der Waals surface area (Å²) >= 11 is 1.72. The molecule has 0 saturated carbocycles. The number of carbonyl (C=O) groups excluding carboxylic acids is 2. The van der Waals surface area contributed by atoms with Gasteiger partial charge < -0.3 is 24.0 Å². The fraction of sp³-hybridized carbons (Fsp3) is 0.357. The Morgan fingerprint density at radius 1 is 1.11 bits per heavy atom. The van der Waals surface area contributed by atoms with Crippen molar-refractivity contribution in [1.29, 1.82) is 0 Å². The normalized spacial score (nSPS) is 16.1. The first kappa shape index (κ1) is 24.2. The lowest BCUT2D eigenvalue weighted by atomic mass is 10.00. The first-order valence-corrected chi connectivity index (χ1v) is 13.0. The van der Waals surface area contributed by atoms with Crippen LogP contribution in [0.15, 0.2) is 53.9 Å². The van der Waals surface area contributed by atoms with E-state index in [0.29, 0.717) is 30.2 Å². The Morgan fingerprint density at radius 3 is 2.67 bits per heavy atom. The molecular weight excluding hydrogens is 476 g/mol. The predicted octanol–water partition coefficient (Wildman–Crippen LogP) is 4.84. The third-order valence-electron chi connectivity index (χ3n) is 6.65. The molecule has 2 aliphatic heterocycles. The second-order valence-electron chi connectivity index (χ2n) is 9.37. The Kier molecular flexibility index (Phi) is 6.87. The molecule has 2 aromatic carbocycles. The van der Waals surface area contributed by atoms with Gasteiger partial charge in [0, 0.05) is 23.0 Å². The maximum Gasteiger partial charge on any atom is 0.254 e. The van der Waals surface area contributed by atoms with E-state index in [9.17, 15) is 9.59 Å². The van der Waals surface area contributed by atoms with E-state index in [1.54, 1.807) is 34.4 Å². The molecule has 188 valence electrons. The van der Waals surface area contributed by atoms with E-state index in [1.807, 2.05) is 49.9 Å². The van der Waals surface area contributed by atoms with Gasteiger partial charge in [-0.1, -0.05) is 17.7 Å². The van der Waals surface area contributed by atoms with Crippen molar-refractivity contribution < 1.29 is 23.8 Å². The Hall–Kier alpha value is -3.52. The number of carbonyl (C=O) groups is 2. The summed E-state index contributed by atoms with van der Waals surface area (Å²) < 4.78 is 16.9. The molecule has 0 radical (unpaired) electrons. The molecule has 7 nitrogen and oxygen atoms in total. The zero-order valence-electron chi connectivity index (χ0n) is 20.7. The smallest absolute Gasteiger partial charge is 0.254 e. The lowest BCUT2D eigenvalue weighted by Crippen LogP contribution is -2.49. The van der Waals surface area contributed by atoms with Crippen molar-refractivity contribution in [2.45, 2.75) is 39.3 Å². The van der Waals surface area contributed by atoms with Crippen LogP contribution in [0.4, 0.5) is 0 Å². The summed E-state index contributed by atoms with van der Waals surface area (Å²) in [5, 5.41) is 2.07. The summed E-state index contributed by atoms with van der Waals surface area (Å²) in [5.41, 5.74) is 2.77. The van der Waals surface area contributed by atoms with Crippen LogP contribution >= 0.6 is 11.3 Å². The Morgan fingerprint density at radius 2 is 1.89 bits per heavy atom. The van der Waals surface area contributed by atoms with Gasteiger partial charge in [0.1, 0.15) is 18.9 Å². The first-order chi connectivity index (χ1) is 17.4. The molecule has 0 spiro atoms. The molecule has 0 aliphatic carbocycles. The van der Waals surface area contributed by atoms with Gasteiger partial charge in [-0.15, -0.1) is 11.3 Å². The summed E-state index contributed by atoms with van der Waals surface area (Å²) in [6.07, 6.45) is 0.803. The van der Waals surface area contributed by atoms with E-state index in [-0.39, 0.29) is 37.2 Å². The quantitative estimate of drug-likeness (QED) is 0.459. The number of amides is 2. The standard InChI is InChI=1S/C28H30N2O5S/c1-18(2)30(28(32)20-6-9-24-25(14-20)35-17-34-24)15-27(31)29-12-10-26-22(11-13-36-26)23(29)16-33-21-7-4-19(3)5-8-21/h4-9,11,13-14,18,23H,10,12,15-17H2,1-3H3. The second kappa shape index (κ2) is 10.2. The van der Waals surface area contributed by atoms with Crippen molar-refractivity contribution in [3.05, 3.63) is 75.5 Å². The molecular formula is C28H30N2O5S. The monoisotopic (exact) mass is 506 g/mol. The fourth-order valence-electron chi connectivity index (χ4n) is 4.61. The van der Waals surface area contributed by atoms with Crippen LogP contribution in [0, 0.1) is 6.92 Å². The molecule has 5 rings (SSSR count). The van der Waals surface area contributed by atoms with E-state index in [4.69, 9.17) is 14.2 Å². The SMILES string of the molecule is Cc1ccc(OCC2c3ccsc3CCN2C(=O)CN(C(=O)c2ccc3c(c2)OCO3)C(C)C)cc1. The summed E-state index contributed by atoms with van der Waals surface area (Å²) in [6.45, 7) is 6.96. The molecule has 1 atom stereocenters. The minimum absolute atomic E-state index is 0.00849. The highest BCUT2D eigenvalue weighted by Crippen LogP contribution is 2.35. The number of nitrogens with zero attached hydrogens (tertiary/aromatic N) is 2. The number of hydrogen-bond acceptors (Lipinski definition) is 6. The summed E-state index contributed by atoms with van der Waals surface area (Å²) in [5.74, 6) is 1.64. The molecule has 0 N–H and O–H groups in total. The Labute approximate surface area is 215 Å². The van der Waals surface area contributed by atoms with Crippen LogP contribution in [0.25, 0.3) is 0 Å². The van der Waals surface area contributed by atoms with Crippen LogP contribution in [0.2, 0.25) is 0 Å². The van der Waals surface area contributed by atoms with E-state index in [0.717, 1.165) is 23.3 Å². The van der Waals surface area contributed by atoms with Crippen LogP contribution in [-0.4, -0.2) is 54.1 Å². The van der Waals surface area contributed by atoms with Crippen LogP contribution in [0.5, 0.6) is 17.2 Å². The van der Waals surface area contributed by atoms with Gasteiger partial charge in [-0.2, -0.15) is 0 Å². The van der Waals surface area contributed by atoms with Crippen LogP contribution in [0.3, 0.4) is 0 Å². The van der Waals surface area contributed by atoms with Gasteiger partial charge >= 0.3 is 0 Å². The van der Waals surface area contributed by atoms with Gasteiger partial charge in [-0.25, -0.2) is 0 Å². The minimum atomic E-state index is -0.211. The van der Waals surface area contributed by atoms with Crippen molar-refractivity contribution in [1.82, 2.24) is 9.80 Å². The lowest BCUT2D eigenvalue weighted by Gasteiger charge is -2.37. The molecule has 2 aliphatic rings. The highest BCUT2D eigenvalue weighted by molar-refractivity contribution is 7.10. The van der Waals surface area contributed by atoms with Crippen LogP contribution in [-0.2, 0) is 11.2 Å². The molecule has 8 heteroatoms. The maximum atomic E-state index is 13.7. The first-order valence-electron chi connectivity index (χ1n) is 12.2.